The quantitative estimate of drug-likeness (QED) is 0.691. The molecule has 17 heavy (non-hydrogen) atoms. The molecule has 0 aliphatic carbocycles. The largest absolute Gasteiger partial charge is 0.398 e. The number of aromatic nitrogens is 2. The van der Waals surface area contributed by atoms with Crippen LogP contribution in [0.5, 0.6) is 0 Å². The fourth-order valence-corrected chi connectivity index (χ4v) is 3.68. The minimum Gasteiger partial charge on any atom is -0.398 e. The molecule has 0 aliphatic rings. The summed E-state index contributed by atoms with van der Waals surface area (Å²) in [5, 5.41) is 7.99. The van der Waals surface area contributed by atoms with E-state index in [0.717, 1.165) is 8.68 Å². The Kier molecular flexibility index (Phi) is 4.25. The third-order valence-corrected chi connectivity index (χ3v) is 5.12. The van der Waals surface area contributed by atoms with Crippen LogP contribution in [0.1, 0.15) is 5.56 Å². The highest BCUT2D eigenvalue weighted by Gasteiger charge is 2.09. The average molecular weight is 287 g/mol. The van der Waals surface area contributed by atoms with Gasteiger partial charge in [0.1, 0.15) is 5.82 Å². The minimum atomic E-state index is -0.271. The van der Waals surface area contributed by atoms with Crippen LogP contribution < -0.4 is 5.73 Å². The Balaban J connectivity index is 2.07. The number of nitrogen functional groups attached to an aromatic ring is 1. The van der Waals surface area contributed by atoms with E-state index in [2.05, 4.69) is 10.2 Å². The highest BCUT2D eigenvalue weighted by atomic mass is 32.2. The van der Waals surface area contributed by atoms with E-state index in [1.807, 2.05) is 6.26 Å². The van der Waals surface area contributed by atoms with Crippen LogP contribution in [-0.4, -0.2) is 16.5 Å². The van der Waals surface area contributed by atoms with Gasteiger partial charge in [0.15, 0.2) is 8.68 Å². The first-order chi connectivity index (χ1) is 8.20. The number of anilines is 1. The van der Waals surface area contributed by atoms with Crippen LogP contribution in [0.15, 0.2) is 26.9 Å². The van der Waals surface area contributed by atoms with Crippen LogP contribution in [0.25, 0.3) is 0 Å². The van der Waals surface area contributed by atoms with Gasteiger partial charge in [-0.05, 0) is 18.4 Å². The van der Waals surface area contributed by atoms with Crippen molar-refractivity contribution >= 4 is 40.5 Å². The summed E-state index contributed by atoms with van der Waals surface area (Å²) in [6.45, 7) is 0. The Bertz CT molecular complexity index is 495. The lowest BCUT2D eigenvalue weighted by molar-refractivity contribution is 0.618. The van der Waals surface area contributed by atoms with Crippen molar-refractivity contribution in [2.75, 3.05) is 12.0 Å². The van der Waals surface area contributed by atoms with Crippen molar-refractivity contribution in [3.8, 4) is 0 Å². The number of thioether (sulfide) groups is 2. The maximum atomic E-state index is 13.5. The van der Waals surface area contributed by atoms with Gasteiger partial charge >= 0.3 is 0 Å². The van der Waals surface area contributed by atoms with Crippen molar-refractivity contribution in [2.45, 2.75) is 14.4 Å². The molecule has 0 bridgehead atoms. The van der Waals surface area contributed by atoms with Gasteiger partial charge in [0.05, 0.1) is 0 Å². The smallest absolute Gasteiger partial charge is 0.175 e. The topological polar surface area (TPSA) is 51.8 Å². The van der Waals surface area contributed by atoms with E-state index in [1.165, 1.54) is 29.2 Å². The van der Waals surface area contributed by atoms with Gasteiger partial charge in [0, 0.05) is 17.0 Å². The molecule has 2 N–H and O–H groups in total. The molecule has 0 spiro atoms. The molecule has 7 heteroatoms. The zero-order valence-corrected chi connectivity index (χ0v) is 11.5. The monoisotopic (exact) mass is 287 g/mol. The average Bonchev–Trinajstić information content (AvgIpc) is 2.76. The van der Waals surface area contributed by atoms with Gasteiger partial charge in [-0.1, -0.05) is 40.9 Å². The summed E-state index contributed by atoms with van der Waals surface area (Å²) in [5.41, 5.74) is 6.73. The number of hydrogen-bond acceptors (Lipinski definition) is 6. The first-order valence-electron chi connectivity index (χ1n) is 4.74. The number of halogens is 1. The van der Waals surface area contributed by atoms with Crippen molar-refractivity contribution in [3.05, 3.63) is 29.6 Å². The molecule has 1 aromatic heterocycles. The zero-order chi connectivity index (χ0) is 12.3. The molecular weight excluding hydrogens is 277 g/mol. The van der Waals surface area contributed by atoms with E-state index >= 15 is 0 Å². The second kappa shape index (κ2) is 5.70. The molecule has 0 unspecified atom stereocenters. The molecule has 0 saturated carbocycles. The molecule has 1 aromatic carbocycles. The molecule has 2 rings (SSSR count). The Morgan fingerprint density at radius 3 is 2.76 bits per heavy atom. The van der Waals surface area contributed by atoms with Gasteiger partial charge < -0.3 is 5.73 Å². The lowest BCUT2D eigenvalue weighted by Gasteiger charge is -2.04. The van der Waals surface area contributed by atoms with Crippen molar-refractivity contribution in [1.82, 2.24) is 10.2 Å². The molecule has 0 radical (unpaired) electrons. The van der Waals surface area contributed by atoms with Gasteiger partial charge in [-0.3, -0.25) is 0 Å². The molecule has 1 heterocycles. The van der Waals surface area contributed by atoms with Gasteiger partial charge in [-0.15, -0.1) is 10.2 Å². The maximum Gasteiger partial charge on any atom is 0.175 e. The SMILES string of the molecule is CSc1nnc(SCc2c(N)cccc2F)s1. The van der Waals surface area contributed by atoms with Gasteiger partial charge in [0.2, 0.25) is 0 Å². The van der Waals surface area contributed by atoms with E-state index in [0.29, 0.717) is 17.0 Å². The van der Waals surface area contributed by atoms with E-state index in [4.69, 9.17) is 5.73 Å². The Morgan fingerprint density at radius 1 is 1.35 bits per heavy atom. The van der Waals surface area contributed by atoms with E-state index in [9.17, 15) is 4.39 Å². The highest BCUT2D eigenvalue weighted by molar-refractivity contribution is 8.02. The fourth-order valence-electron chi connectivity index (χ4n) is 1.20. The molecule has 0 saturated heterocycles. The van der Waals surface area contributed by atoms with Crippen molar-refractivity contribution in [3.63, 3.8) is 0 Å². The normalized spacial score (nSPS) is 10.7. The third kappa shape index (κ3) is 3.11. The molecule has 0 fully saturated rings. The van der Waals surface area contributed by atoms with Gasteiger partial charge in [-0.2, -0.15) is 0 Å². The molecule has 0 aliphatic heterocycles. The maximum absolute atomic E-state index is 13.5. The summed E-state index contributed by atoms with van der Waals surface area (Å²) in [6.07, 6.45) is 1.95. The number of nitrogens with two attached hydrogens (primary N) is 1. The summed E-state index contributed by atoms with van der Waals surface area (Å²) in [5.74, 6) is 0.203. The van der Waals surface area contributed by atoms with Crippen LogP contribution >= 0.6 is 34.9 Å². The Morgan fingerprint density at radius 2 is 2.12 bits per heavy atom. The molecule has 0 amide bonds. The van der Waals surface area contributed by atoms with Crippen LogP contribution in [0.4, 0.5) is 10.1 Å². The lowest BCUT2D eigenvalue weighted by Crippen LogP contribution is -1.95. The van der Waals surface area contributed by atoms with Crippen LogP contribution in [0.2, 0.25) is 0 Å². The Labute approximate surface area is 111 Å². The van der Waals surface area contributed by atoms with Gasteiger partial charge in [0.25, 0.3) is 0 Å². The number of rotatable bonds is 4. The minimum absolute atomic E-state index is 0.271. The van der Waals surface area contributed by atoms with Crippen LogP contribution in [0, 0.1) is 5.82 Å². The highest BCUT2D eigenvalue weighted by Crippen LogP contribution is 2.31. The molecule has 90 valence electrons. The predicted octanol–water partition coefficient (Wildman–Crippen LogP) is 3.27. The number of benzene rings is 1. The second-order valence-corrected chi connectivity index (χ2v) is 6.39. The molecular formula is C10H10FN3S3. The van der Waals surface area contributed by atoms with E-state index in [-0.39, 0.29) is 5.82 Å². The molecule has 2 aromatic rings. The first kappa shape index (κ1) is 12.7. The first-order valence-corrected chi connectivity index (χ1v) is 7.76. The Hall–Kier alpha value is -0.790. The summed E-state index contributed by atoms with van der Waals surface area (Å²) in [7, 11) is 0. The van der Waals surface area contributed by atoms with Crippen molar-refractivity contribution < 1.29 is 4.39 Å². The number of hydrogen-bond donors (Lipinski definition) is 1. The summed E-state index contributed by atoms with van der Waals surface area (Å²) in [6, 6.07) is 4.72. The lowest BCUT2D eigenvalue weighted by atomic mass is 10.2. The summed E-state index contributed by atoms with van der Waals surface area (Å²) < 4.78 is 15.2. The van der Waals surface area contributed by atoms with Crippen LogP contribution in [0.3, 0.4) is 0 Å². The molecule has 3 nitrogen and oxygen atoms in total. The zero-order valence-electron chi connectivity index (χ0n) is 9.01. The number of nitrogens with zero attached hydrogens (tertiary/aromatic N) is 2. The molecule has 0 atom stereocenters. The van der Waals surface area contributed by atoms with Crippen molar-refractivity contribution in [1.29, 1.82) is 0 Å². The summed E-state index contributed by atoms with van der Waals surface area (Å²) >= 11 is 4.50. The van der Waals surface area contributed by atoms with Crippen LogP contribution in [-0.2, 0) is 5.75 Å². The second-order valence-electron chi connectivity index (χ2n) is 3.13. The summed E-state index contributed by atoms with van der Waals surface area (Å²) in [4.78, 5) is 0. The van der Waals surface area contributed by atoms with E-state index < -0.39 is 0 Å². The fraction of sp³-hybridized carbons (Fsp3) is 0.200. The third-order valence-electron chi connectivity index (χ3n) is 2.06. The van der Waals surface area contributed by atoms with E-state index in [1.54, 1.807) is 23.9 Å². The van der Waals surface area contributed by atoms with Gasteiger partial charge in [-0.25, -0.2) is 4.39 Å². The standard InChI is InChI=1S/C10H10FN3S3/c1-15-9-13-14-10(17-9)16-5-6-7(11)3-2-4-8(6)12/h2-4H,5,12H2,1H3. The predicted molar refractivity (Wildman–Crippen MR) is 72.1 cm³/mol. The van der Waals surface area contributed by atoms with Crippen molar-refractivity contribution in [2.24, 2.45) is 0 Å².